The van der Waals surface area contributed by atoms with Crippen LogP contribution in [0.25, 0.3) is 6.08 Å². The Morgan fingerprint density at radius 1 is 1.09 bits per heavy atom. The average Bonchev–Trinajstić information content (AvgIpc) is 2.54. The van der Waals surface area contributed by atoms with Crippen LogP contribution in [0.1, 0.15) is 43.1 Å². The maximum Gasteiger partial charge on any atom is 0.134 e. The van der Waals surface area contributed by atoms with Gasteiger partial charge in [-0.1, -0.05) is 18.2 Å². The highest BCUT2D eigenvalue weighted by Crippen LogP contribution is 2.44. The summed E-state index contributed by atoms with van der Waals surface area (Å²) in [6.45, 7) is 4.10. The van der Waals surface area contributed by atoms with Crippen LogP contribution in [0.15, 0.2) is 42.5 Å². The third-order valence-corrected chi connectivity index (χ3v) is 4.46. The Balaban J connectivity index is 1.70. The summed E-state index contributed by atoms with van der Waals surface area (Å²) >= 11 is 0. The molecule has 0 saturated carbocycles. The van der Waals surface area contributed by atoms with Crippen molar-refractivity contribution in [2.45, 2.75) is 38.4 Å². The van der Waals surface area contributed by atoms with Crippen LogP contribution in [0.2, 0.25) is 0 Å². The van der Waals surface area contributed by atoms with Crippen LogP contribution in [0.4, 0.5) is 0 Å². The minimum absolute atomic E-state index is 0.0120. The molecule has 1 atom stereocenters. The number of ether oxygens (including phenoxy) is 2. The number of aromatic hydroxyl groups is 1. The van der Waals surface area contributed by atoms with E-state index in [0.717, 1.165) is 35.5 Å². The smallest absolute Gasteiger partial charge is 0.134 e. The molecule has 2 aromatic rings. The van der Waals surface area contributed by atoms with E-state index in [0.29, 0.717) is 0 Å². The van der Waals surface area contributed by atoms with Gasteiger partial charge in [-0.05, 0) is 68.2 Å². The van der Waals surface area contributed by atoms with Gasteiger partial charge in [-0.25, -0.2) is 0 Å². The number of rotatable bonds is 1. The van der Waals surface area contributed by atoms with Crippen molar-refractivity contribution in [1.82, 2.24) is 0 Å². The van der Waals surface area contributed by atoms with Gasteiger partial charge < -0.3 is 14.6 Å². The van der Waals surface area contributed by atoms with Crippen LogP contribution in [-0.4, -0.2) is 10.7 Å². The highest BCUT2D eigenvalue weighted by molar-refractivity contribution is 5.69. The molecule has 3 heteroatoms. The van der Waals surface area contributed by atoms with E-state index in [1.54, 1.807) is 12.1 Å². The monoisotopic (exact) mass is 308 g/mol. The van der Waals surface area contributed by atoms with Crippen LogP contribution in [0.3, 0.4) is 0 Å². The van der Waals surface area contributed by atoms with E-state index in [2.05, 4.69) is 18.2 Å². The Bertz CT molecular complexity index is 772. The quantitative estimate of drug-likeness (QED) is 0.834. The zero-order valence-corrected chi connectivity index (χ0v) is 13.4. The molecule has 0 radical (unpaired) electrons. The van der Waals surface area contributed by atoms with E-state index >= 15 is 0 Å². The number of fused-ring (bicyclic) bond motifs is 3. The maximum absolute atomic E-state index is 9.45. The lowest BCUT2D eigenvalue weighted by Crippen LogP contribution is -2.28. The fraction of sp³-hybridized carbons (Fsp3) is 0.300. The SMILES string of the molecule is CC1(C)C=Cc2c(ccc3c2OC(c2ccc(O)cc2)CC3)O1. The number of phenolic OH excluding ortho intramolecular Hbond substituents is 1. The lowest BCUT2D eigenvalue weighted by molar-refractivity contribution is 0.151. The van der Waals surface area contributed by atoms with Gasteiger partial charge in [-0.15, -0.1) is 0 Å². The van der Waals surface area contributed by atoms with Gasteiger partial charge in [0.25, 0.3) is 0 Å². The summed E-state index contributed by atoms with van der Waals surface area (Å²) in [4.78, 5) is 0. The molecule has 3 nitrogen and oxygen atoms in total. The molecule has 1 N–H and O–H groups in total. The van der Waals surface area contributed by atoms with Crippen molar-refractivity contribution in [3.05, 3.63) is 59.2 Å². The molecule has 0 bridgehead atoms. The summed E-state index contributed by atoms with van der Waals surface area (Å²) in [7, 11) is 0. The molecule has 0 spiro atoms. The van der Waals surface area contributed by atoms with Crippen molar-refractivity contribution in [2.75, 3.05) is 0 Å². The van der Waals surface area contributed by atoms with Gasteiger partial charge in [-0.3, -0.25) is 0 Å². The van der Waals surface area contributed by atoms with Crippen LogP contribution in [-0.2, 0) is 6.42 Å². The first-order valence-corrected chi connectivity index (χ1v) is 8.01. The third-order valence-electron chi connectivity index (χ3n) is 4.46. The van der Waals surface area contributed by atoms with Crippen molar-refractivity contribution in [2.24, 2.45) is 0 Å². The first-order valence-electron chi connectivity index (χ1n) is 8.01. The minimum atomic E-state index is -0.285. The fourth-order valence-electron chi connectivity index (χ4n) is 3.22. The van der Waals surface area contributed by atoms with E-state index in [9.17, 15) is 5.11 Å². The summed E-state index contributed by atoms with van der Waals surface area (Å²) in [6, 6.07) is 11.4. The van der Waals surface area contributed by atoms with Gasteiger partial charge >= 0.3 is 0 Å². The topological polar surface area (TPSA) is 38.7 Å². The molecule has 0 amide bonds. The Morgan fingerprint density at radius 2 is 1.87 bits per heavy atom. The molecule has 0 saturated heterocycles. The second kappa shape index (κ2) is 5.05. The molecule has 4 rings (SSSR count). The highest BCUT2D eigenvalue weighted by Gasteiger charge is 2.29. The first-order chi connectivity index (χ1) is 11.0. The number of hydrogen-bond acceptors (Lipinski definition) is 3. The van der Waals surface area contributed by atoms with Gasteiger partial charge in [0.2, 0.25) is 0 Å². The molecule has 1 unspecified atom stereocenters. The molecule has 118 valence electrons. The number of aryl methyl sites for hydroxylation is 1. The van der Waals surface area contributed by atoms with Crippen molar-refractivity contribution in [3.63, 3.8) is 0 Å². The largest absolute Gasteiger partial charge is 0.508 e. The molecule has 2 heterocycles. The van der Waals surface area contributed by atoms with E-state index in [1.807, 2.05) is 32.0 Å². The molecule has 2 aliphatic rings. The molecule has 23 heavy (non-hydrogen) atoms. The highest BCUT2D eigenvalue weighted by atomic mass is 16.5. The second-order valence-electron chi connectivity index (χ2n) is 6.74. The van der Waals surface area contributed by atoms with E-state index in [-0.39, 0.29) is 17.5 Å². The van der Waals surface area contributed by atoms with E-state index in [4.69, 9.17) is 9.47 Å². The Morgan fingerprint density at radius 3 is 2.65 bits per heavy atom. The minimum Gasteiger partial charge on any atom is -0.508 e. The Kier molecular flexibility index (Phi) is 3.12. The van der Waals surface area contributed by atoms with Crippen molar-refractivity contribution >= 4 is 6.08 Å². The predicted molar refractivity (Wildman–Crippen MR) is 90.0 cm³/mol. The van der Waals surface area contributed by atoms with E-state index in [1.165, 1.54) is 5.56 Å². The van der Waals surface area contributed by atoms with Crippen LogP contribution < -0.4 is 9.47 Å². The zero-order chi connectivity index (χ0) is 16.0. The van der Waals surface area contributed by atoms with E-state index < -0.39 is 0 Å². The Hall–Kier alpha value is -2.42. The lowest BCUT2D eigenvalue weighted by atomic mass is 9.93. The van der Waals surface area contributed by atoms with Crippen LogP contribution >= 0.6 is 0 Å². The standard InChI is InChI=1S/C20H20O3/c1-20(2)12-11-16-18(23-20)10-6-14-5-9-17(22-19(14)16)13-3-7-15(21)8-4-13/h3-4,6-8,10-12,17,21H,5,9H2,1-2H3. The van der Waals surface area contributed by atoms with Crippen molar-refractivity contribution in [1.29, 1.82) is 0 Å². The van der Waals surface area contributed by atoms with Crippen LogP contribution in [0.5, 0.6) is 17.2 Å². The summed E-state index contributed by atoms with van der Waals surface area (Å²) < 4.78 is 12.4. The molecule has 2 aromatic carbocycles. The average molecular weight is 308 g/mol. The number of benzene rings is 2. The number of hydrogen-bond donors (Lipinski definition) is 1. The summed E-state index contributed by atoms with van der Waals surface area (Å²) in [5.74, 6) is 2.09. The fourth-order valence-corrected chi connectivity index (χ4v) is 3.22. The third kappa shape index (κ3) is 2.56. The van der Waals surface area contributed by atoms with Crippen LogP contribution in [0, 0.1) is 0 Å². The molecule has 0 aromatic heterocycles. The van der Waals surface area contributed by atoms with Crippen molar-refractivity contribution in [3.8, 4) is 17.2 Å². The van der Waals surface area contributed by atoms with Crippen molar-refractivity contribution < 1.29 is 14.6 Å². The lowest BCUT2D eigenvalue weighted by Gasteiger charge is -2.33. The molecule has 2 aliphatic heterocycles. The zero-order valence-electron chi connectivity index (χ0n) is 13.4. The second-order valence-corrected chi connectivity index (χ2v) is 6.74. The van der Waals surface area contributed by atoms with Gasteiger partial charge in [0.05, 0.1) is 5.56 Å². The van der Waals surface area contributed by atoms with Gasteiger partial charge in [0, 0.05) is 0 Å². The molecule has 0 aliphatic carbocycles. The number of phenols is 1. The first kappa shape index (κ1) is 14.2. The molecular weight excluding hydrogens is 288 g/mol. The molecular formula is C20H20O3. The molecule has 0 fully saturated rings. The summed E-state index contributed by atoms with van der Waals surface area (Å²) in [6.07, 6.45) is 6.11. The normalized spacial score (nSPS) is 20.9. The van der Waals surface area contributed by atoms with Gasteiger partial charge in [0.1, 0.15) is 29.0 Å². The van der Waals surface area contributed by atoms with Gasteiger partial charge in [-0.2, -0.15) is 0 Å². The summed E-state index contributed by atoms with van der Waals surface area (Å²) in [5.41, 5.74) is 3.07. The maximum atomic E-state index is 9.45. The Labute approximate surface area is 136 Å². The van der Waals surface area contributed by atoms with Gasteiger partial charge in [0.15, 0.2) is 0 Å². The predicted octanol–water partition coefficient (Wildman–Crippen LogP) is 4.64. The summed E-state index contributed by atoms with van der Waals surface area (Å²) in [5, 5.41) is 9.45.